The molecule has 1 saturated heterocycles. The molecule has 1 aliphatic heterocycles. The SMILES string of the molecule is COC(=O)C(C)C1COCCN1. The van der Waals surface area contributed by atoms with Crippen LogP contribution in [0, 0.1) is 5.92 Å². The first-order chi connectivity index (χ1) is 5.75. The molecule has 0 aromatic heterocycles. The molecule has 0 spiro atoms. The van der Waals surface area contributed by atoms with E-state index in [1.807, 2.05) is 6.92 Å². The smallest absolute Gasteiger partial charge is 0.310 e. The van der Waals surface area contributed by atoms with Gasteiger partial charge in [0, 0.05) is 12.6 Å². The fourth-order valence-corrected chi connectivity index (χ4v) is 1.26. The molecule has 0 radical (unpaired) electrons. The van der Waals surface area contributed by atoms with Crippen molar-refractivity contribution in [3.8, 4) is 0 Å². The summed E-state index contributed by atoms with van der Waals surface area (Å²) in [5.74, 6) is -0.312. The molecule has 2 atom stereocenters. The zero-order chi connectivity index (χ0) is 8.97. The summed E-state index contributed by atoms with van der Waals surface area (Å²) >= 11 is 0. The number of esters is 1. The molecule has 0 aliphatic carbocycles. The summed E-state index contributed by atoms with van der Waals surface area (Å²) in [6.07, 6.45) is 0. The van der Waals surface area contributed by atoms with E-state index in [1.54, 1.807) is 0 Å². The lowest BCUT2D eigenvalue weighted by Crippen LogP contribution is -2.47. The van der Waals surface area contributed by atoms with E-state index >= 15 is 0 Å². The molecule has 1 heterocycles. The van der Waals surface area contributed by atoms with Crippen molar-refractivity contribution < 1.29 is 14.3 Å². The summed E-state index contributed by atoms with van der Waals surface area (Å²) in [5, 5.41) is 3.21. The molecule has 0 amide bonds. The molecule has 0 bridgehead atoms. The van der Waals surface area contributed by atoms with Crippen molar-refractivity contribution in [3.63, 3.8) is 0 Å². The summed E-state index contributed by atoms with van der Waals surface area (Å²) in [5.41, 5.74) is 0. The van der Waals surface area contributed by atoms with Crippen LogP contribution in [0.3, 0.4) is 0 Å². The number of morpholine rings is 1. The third-order valence-electron chi connectivity index (χ3n) is 2.13. The Bertz CT molecular complexity index is 154. The minimum atomic E-state index is -0.182. The van der Waals surface area contributed by atoms with Gasteiger partial charge >= 0.3 is 5.97 Å². The van der Waals surface area contributed by atoms with E-state index in [0.717, 1.165) is 13.2 Å². The second-order valence-electron chi connectivity index (χ2n) is 2.95. The number of hydrogen-bond donors (Lipinski definition) is 1. The summed E-state index contributed by atoms with van der Waals surface area (Å²) in [4.78, 5) is 11.1. The van der Waals surface area contributed by atoms with Crippen LogP contribution in [0.1, 0.15) is 6.92 Å². The molecular weight excluding hydrogens is 158 g/mol. The van der Waals surface area contributed by atoms with Crippen molar-refractivity contribution in [3.05, 3.63) is 0 Å². The number of carbonyl (C=O) groups is 1. The molecule has 0 saturated carbocycles. The summed E-state index contributed by atoms with van der Waals surface area (Å²) in [6.45, 7) is 3.98. The maximum Gasteiger partial charge on any atom is 0.310 e. The van der Waals surface area contributed by atoms with Gasteiger partial charge in [-0.05, 0) is 0 Å². The largest absolute Gasteiger partial charge is 0.469 e. The number of methoxy groups -OCH3 is 1. The summed E-state index contributed by atoms with van der Waals surface area (Å²) < 4.78 is 9.86. The van der Waals surface area contributed by atoms with E-state index in [2.05, 4.69) is 10.1 Å². The van der Waals surface area contributed by atoms with Crippen LogP contribution in [0.2, 0.25) is 0 Å². The molecule has 1 N–H and O–H groups in total. The van der Waals surface area contributed by atoms with Gasteiger partial charge in [-0.1, -0.05) is 6.92 Å². The highest BCUT2D eigenvalue weighted by atomic mass is 16.5. The minimum Gasteiger partial charge on any atom is -0.469 e. The Labute approximate surface area is 72.2 Å². The third-order valence-corrected chi connectivity index (χ3v) is 2.13. The molecule has 2 unspecified atom stereocenters. The zero-order valence-electron chi connectivity index (χ0n) is 7.50. The Balaban J connectivity index is 2.39. The van der Waals surface area contributed by atoms with E-state index in [0.29, 0.717) is 6.61 Å². The predicted molar refractivity (Wildman–Crippen MR) is 43.8 cm³/mol. The maximum atomic E-state index is 11.1. The summed E-state index contributed by atoms with van der Waals surface area (Å²) in [7, 11) is 1.41. The van der Waals surface area contributed by atoms with E-state index in [9.17, 15) is 4.79 Å². The van der Waals surface area contributed by atoms with Crippen molar-refractivity contribution in [2.45, 2.75) is 13.0 Å². The van der Waals surface area contributed by atoms with Gasteiger partial charge in [-0.25, -0.2) is 0 Å². The van der Waals surface area contributed by atoms with E-state index in [4.69, 9.17) is 4.74 Å². The topological polar surface area (TPSA) is 47.6 Å². The second-order valence-corrected chi connectivity index (χ2v) is 2.95. The van der Waals surface area contributed by atoms with Gasteiger partial charge in [0.05, 0.1) is 26.2 Å². The van der Waals surface area contributed by atoms with Gasteiger partial charge in [0.2, 0.25) is 0 Å². The average molecular weight is 173 g/mol. The highest BCUT2D eigenvalue weighted by Gasteiger charge is 2.26. The molecule has 1 rings (SSSR count). The lowest BCUT2D eigenvalue weighted by molar-refractivity contribution is -0.147. The Morgan fingerprint density at radius 2 is 2.50 bits per heavy atom. The van der Waals surface area contributed by atoms with Gasteiger partial charge in [0.15, 0.2) is 0 Å². The number of nitrogens with one attached hydrogen (secondary N) is 1. The fourth-order valence-electron chi connectivity index (χ4n) is 1.26. The van der Waals surface area contributed by atoms with Crippen LogP contribution in [0.5, 0.6) is 0 Å². The molecule has 4 heteroatoms. The number of rotatable bonds is 2. The van der Waals surface area contributed by atoms with Crippen molar-refractivity contribution in [1.82, 2.24) is 5.32 Å². The quantitative estimate of drug-likeness (QED) is 0.587. The van der Waals surface area contributed by atoms with Gasteiger partial charge in [0.25, 0.3) is 0 Å². The molecule has 0 aromatic rings. The van der Waals surface area contributed by atoms with Crippen LogP contribution < -0.4 is 5.32 Å². The molecule has 12 heavy (non-hydrogen) atoms. The molecule has 1 aliphatic rings. The number of hydrogen-bond acceptors (Lipinski definition) is 4. The molecule has 1 fully saturated rings. The molecule has 4 nitrogen and oxygen atoms in total. The van der Waals surface area contributed by atoms with E-state index < -0.39 is 0 Å². The first-order valence-corrected chi connectivity index (χ1v) is 4.14. The maximum absolute atomic E-state index is 11.1. The lowest BCUT2D eigenvalue weighted by Gasteiger charge is -2.27. The van der Waals surface area contributed by atoms with Gasteiger partial charge in [-0.15, -0.1) is 0 Å². The standard InChI is InChI=1S/C8H15NO3/c1-6(8(10)11-2)7-5-12-4-3-9-7/h6-7,9H,3-5H2,1-2H3. The van der Waals surface area contributed by atoms with Crippen molar-refractivity contribution in [1.29, 1.82) is 0 Å². The van der Waals surface area contributed by atoms with E-state index in [1.165, 1.54) is 7.11 Å². The predicted octanol–water partition coefficient (Wildman–Crippen LogP) is -0.216. The highest BCUT2D eigenvalue weighted by Crippen LogP contribution is 2.07. The minimum absolute atomic E-state index is 0.103. The number of carbonyl (C=O) groups excluding carboxylic acids is 1. The van der Waals surface area contributed by atoms with Gasteiger partial charge in [-0.2, -0.15) is 0 Å². The van der Waals surface area contributed by atoms with Crippen LogP contribution >= 0.6 is 0 Å². The van der Waals surface area contributed by atoms with Crippen LogP contribution in [-0.4, -0.2) is 38.9 Å². The summed E-state index contributed by atoms with van der Waals surface area (Å²) in [6, 6.07) is 0.103. The zero-order valence-corrected chi connectivity index (χ0v) is 7.50. The van der Waals surface area contributed by atoms with Gasteiger partial charge < -0.3 is 14.8 Å². The van der Waals surface area contributed by atoms with Crippen molar-refractivity contribution in [2.24, 2.45) is 5.92 Å². The Morgan fingerprint density at radius 1 is 1.75 bits per heavy atom. The van der Waals surface area contributed by atoms with Crippen LogP contribution in [0.25, 0.3) is 0 Å². The van der Waals surface area contributed by atoms with E-state index in [-0.39, 0.29) is 17.9 Å². The highest BCUT2D eigenvalue weighted by molar-refractivity contribution is 5.72. The first-order valence-electron chi connectivity index (χ1n) is 4.14. The van der Waals surface area contributed by atoms with Gasteiger partial charge in [0.1, 0.15) is 0 Å². The Kier molecular flexibility index (Phi) is 3.49. The van der Waals surface area contributed by atoms with Gasteiger partial charge in [-0.3, -0.25) is 4.79 Å². The van der Waals surface area contributed by atoms with Crippen LogP contribution in [0.4, 0.5) is 0 Å². The normalized spacial score (nSPS) is 26.3. The fraction of sp³-hybridized carbons (Fsp3) is 0.875. The number of ether oxygens (including phenoxy) is 2. The van der Waals surface area contributed by atoms with Crippen LogP contribution in [-0.2, 0) is 14.3 Å². The average Bonchev–Trinajstić information content (AvgIpc) is 2.17. The van der Waals surface area contributed by atoms with Crippen molar-refractivity contribution in [2.75, 3.05) is 26.9 Å². The molecule has 0 aromatic carbocycles. The van der Waals surface area contributed by atoms with Crippen molar-refractivity contribution >= 4 is 5.97 Å². The van der Waals surface area contributed by atoms with Crippen LogP contribution in [0.15, 0.2) is 0 Å². The first kappa shape index (κ1) is 9.48. The Morgan fingerprint density at radius 3 is 3.00 bits per heavy atom. The lowest BCUT2D eigenvalue weighted by atomic mass is 10.0. The third kappa shape index (κ3) is 2.19. The second kappa shape index (κ2) is 4.42. The monoisotopic (exact) mass is 173 g/mol. The molecule has 70 valence electrons. The Hall–Kier alpha value is -0.610. The molecular formula is C8H15NO3.